The minimum Gasteiger partial charge on any atom is -0.395 e. The molecule has 0 aliphatic carbocycles. The maximum atomic E-state index is 9.57. The molecule has 1 aromatic rings. The van der Waals surface area contributed by atoms with Gasteiger partial charge in [0, 0.05) is 19.1 Å². The maximum Gasteiger partial charge on any atom is 0.0590 e. The molecular formula is C16H25NO. The van der Waals surface area contributed by atoms with E-state index in [-0.39, 0.29) is 12.6 Å². The lowest BCUT2D eigenvalue weighted by atomic mass is 9.75. The Balaban J connectivity index is 1.88. The Morgan fingerprint density at radius 1 is 1.22 bits per heavy atom. The minimum atomic E-state index is 0.256. The van der Waals surface area contributed by atoms with Gasteiger partial charge in [0.05, 0.1) is 6.61 Å². The molecule has 1 aromatic carbocycles. The minimum absolute atomic E-state index is 0.256. The molecule has 0 amide bonds. The van der Waals surface area contributed by atoms with Crippen LogP contribution in [0.5, 0.6) is 0 Å². The number of aliphatic hydroxyl groups is 1. The van der Waals surface area contributed by atoms with E-state index in [0.717, 1.165) is 25.4 Å². The van der Waals surface area contributed by atoms with E-state index >= 15 is 0 Å². The first-order valence-electron chi connectivity index (χ1n) is 6.89. The molecule has 0 aromatic heterocycles. The number of benzene rings is 1. The third-order valence-electron chi connectivity index (χ3n) is 4.18. The summed E-state index contributed by atoms with van der Waals surface area (Å²) in [6, 6.07) is 10.7. The number of hydrogen-bond donors (Lipinski definition) is 1. The van der Waals surface area contributed by atoms with Crippen molar-refractivity contribution >= 4 is 0 Å². The van der Waals surface area contributed by atoms with Gasteiger partial charge >= 0.3 is 0 Å². The summed E-state index contributed by atoms with van der Waals surface area (Å²) in [6.45, 7) is 9.43. The summed E-state index contributed by atoms with van der Waals surface area (Å²) >= 11 is 0. The highest BCUT2D eigenvalue weighted by atomic mass is 16.3. The van der Waals surface area contributed by atoms with E-state index in [0.29, 0.717) is 5.41 Å². The maximum absolute atomic E-state index is 9.57. The Bertz CT molecular complexity index is 362. The van der Waals surface area contributed by atoms with Crippen LogP contribution in [0.25, 0.3) is 0 Å². The molecule has 1 saturated heterocycles. The smallest absolute Gasteiger partial charge is 0.0590 e. The van der Waals surface area contributed by atoms with E-state index in [9.17, 15) is 5.11 Å². The van der Waals surface area contributed by atoms with Crippen LogP contribution in [0, 0.1) is 11.3 Å². The van der Waals surface area contributed by atoms with Crippen molar-refractivity contribution in [3.8, 4) is 0 Å². The lowest BCUT2D eigenvalue weighted by molar-refractivity contribution is -0.0231. The van der Waals surface area contributed by atoms with Crippen molar-refractivity contribution in [3.05, 3.63) is 35.9 Å². The first-order valence-corrected chi connectivity index (χ1v) is 6.89. The fraction of sp³-hybridized carbons (Fsp3) is 0.625. The van der Waals surface area contributed by atoms with Gasteiger partial charge in [-0.2, -0.15) is 0 Å². The fourth-order valence-corrected chi connectivity index (χ4v) is 2.55. The molecule has 18 heavy (non-hydrogen) atoms. The molecule has 1 fully saturated rings. The molecule has 2 nitrogen and oxygen atoms in total. The molecular weight excluding hydrogens is 222 g/mol. The van der Waals surface area contributed by atoms with Crippen molar-refractivity contribution in [2.24, 2.45) is 11.3 Å². The van der Waals surface area contributed by atoms with E-state index < -0.39 is 0 Å². The molecule has 1 atom stereocenters. The zero-order chi connectivity index (χ0) is 13.2. The van der Waals surface area contributed by atoms with Crippen LogP contribution in [0.3, 0.4) is 0 Å². The second-order valence-corrected chi connectivity index (χ2v) is 6.54. The van der Waals surface area contributed by atoms with Gasteiger partial charge in [-0.1, -0.05) is 51.1 Å². The van der Waals surface area contributed by atoms with Crippen LogP contribution in [0.1, 0.15) is 26.3 Å². The average Bonchev–Trinajstić information content (AvgIpc) is 2.25. The number of likely N-dealkylation sites (tertiary alicyclic amines) is 1. The van der Waals surface area contributed by atoms with E-state index in [1.54, 1.807) is 0 Å². The van der Waals surface area contributed by atoms with E-state index in [1.165, 1.54) is 5.56 Å². The lowest BCUT2D eigenvalue weighted by Gasteiger charge is -2.49. The molecule has 1 heterocycles. The zero-order valence-corrected chi connectivity index (χ0v) is 11.8. The normalized spacial score (nSPS) is 19.6. The third-order valence-corrected chi connectivity index (χ3v) is 4.18. The van der Waals surface area contributed by atoms with Crippen LogP contribution in [0.2, 0.25) is 0 Å². The molecule has 0 radical (unpaired) electrons. The van der Waals surface area contributed by atoms with Gasteiger partial charge in [0.15, 0.2) is 0 Å². The summed E-state index contributed by atoms with van der Waals surface area (Å²) < 4.78 is 0. The SMILES string of the molecule is CC(C)(C)C1CN([C@H](CO)Cc2ccccc2)C1. The predicted molar refractivity (Wildman–Crippen MR) is 75.5 cm³/mol. The van der Waals surface area contributed by atoms with Gasteiger partial charge in [-0.3, -0.25) is 4.90 Å². The van der Waals surface area contributed by atoms with E-state index in [4.69, 9.17) is 0 Å². The highest BCUT2D eigenvalue weighted by Gasteiger charge is 2.38. The van der Waals surface area contributed by atoms with Gasteiger partial charge in [-0.05, 0) is 23.3 Å². The van der Waals surface area contributed by atoms with Gasteiger partial charge in [-0.25, -0.2) is 0 Å². The van der Waals surface area contributed by atoms with Crippen molar-refractivity contribution in [3.63, 3.8) is 0 Å². The van der Waals surface area contributed by atoms with Crippen molar-refractivity contribution in [2.45, 2.75) is 33.2 Å². The molecule has 2 heteroatoms. The van der Waals surface area contributed by atoms with Gasteiger partial charge in [0.25, 0.3) is 0 Å². The standard InChI is InChI=1S/C16H25NO/c1-16(2,3)14-10-17(11-14)15(12-18)9-13-7-5-4-6-8-13/h4-8,14-15,18H,9-12H2,1-3H3/t15-/m0/s1. The quantitative estimate of drug-likeness (QED) is 0.884. The molecule has 0 spiro atoms. The number of nitrogens with zero attached hydrogens (tertiary/aromatic N) is 1. The number of rotatable bonds is 4. The van der Waals surface area contributed by atoms with Gasteiger partial charge < -0.3 is 5.11 Å². The van der Waals surface area contributed by atoms with Crippen molar-refractivity contribution in [2.75, 3.05) is 19.7 Å². The van der Waals surface area contributed by atoms with E-state index in [2.05, 4.69) is 49.9 Å². The Morgan fingerprint density at radius 2 is 1.83 bits per heavy atom. The Morgan fingerprint density at radius 3 is 2.33 bits per heavy atom. The average molecular weight is 247 g/mol. The Hall–Kier alpha value is -0.860. The molecule has 100 valence electrons. The van der Waals surface area contributed by atoms with Gasteiger partial charge in [-0.15, -0.1) is 0 Å². The first kappa shape index (κ1) is 13.6. The number of hydrogen-bond acceptors (Lipinski definition) is 2. The molecule has 0 unspecified atom stereocenters. The van der Waals surface area contributed by atoms with Crippen molar-refractivity contribution in [1.29, 1.82) is 0 Å². The van der Waals surface area contributed by atoms with Crippen LogP contribution >= 0.6 is 0 Å². The predicted octanol–water partition coefficient (Wildman–Crippen LogP) is 2.57. The molecule has 1 aliphatic heterocycles. The second-order valence-electron chi connectivity index (χ2n) is 6.54. The Labute approximate surface area is 111 Å². The Kier molecular flexibility index (Phi) is 4.08. The largest absolute Gasteiger partial charge is 0.395 e. The monoisotopic (exact) mass is 247 g/mol. The number of aliphatic hydroxyl groups excluding tert-OH is 1. The highest BCUT2D eigenvalue weighted by molar-refractivity contribution is 5.16. The summed E-state index contributed by atoms with van der Waals surface area (Å²) in [7, 11) is 0. The van der Waals surface area contributed by atoms with Crippen LogP contribution < -0.4 is 0 Å². The molecule has 1 N–H and O–H groups in total. The molecule has 1 aliphatic rings. The molecule has 2 rings (SSSR count). The highest BCUT2D eigenvalue weighted by Crippen LogP contribution is 2.34. The third kappa shape index (κ3) is 3.12. The van der Waals surface area contributed by atoms with Crippen LogP contribution in [-0.2, 0) is 6.42 Å². The summed E-state index contributed by atoms with van der Waals surface area (Å²) in [5.41, 5.74) is 1.71. The summed E-state index contributed by atoms with van der Waals surface area (Å²) in [5.74, 6) is 0.766. The van der Waals surface area contributed by atoms with Gasteiger partial charge in [0.2, 0.25) is 0 Å². The zero-order valence-electron chi connectivity index (χ0n) is 11.8. The van der Waals surface area contributed by atoms with E-state index in [1.807, 2.05) is 6.07 Å². The summed E-state index contributed by atoms with van der Waals surface area (Å²) in [6.07, 6.45) is 0.953. The first-order chi connectivity index (χ1) is 8.50. The van der Waals surface area contributed by atoms with Crippen molar-refractivity contribution < 1.29 is 5.11 Å². The lowest BCUT2D eigenvalue weighted by Crippen LogP contribution is -2.57. The van der Waals surface area contributed by atoms with Crippen LogP contribution in [0.4, 0.5) is 0 Å². The van der Waals surface area contributed by atoms with Crippen molar-refractivity contribution in [1.82, 2.24) is 4.90 Å². The van der Waals surface area contributed by atoms with Gasteiger partial charge in [0.1, 0.15) is 0 Å². The van der Waals surface area contributed by atoms with Crippen LogP contribution in [-0.4, -0.2) is 35.7 Å². The molecule has 0 saturated carbocycles. The summed E-state index contributed by atoms with van der Waals surface area (Å²) in [5, 5.41) is 9.57. The van der Waals surface area contributed by atoms with Crippen LogP contribution in [0.15, 0.2) is 30.3 Å². The topological polar surface area (TPSA) is 23.5 Å². The summed E-state index contributed by atoms with van der Waals surface area (Å²) in [4.78, 5) is 2.42. The molecule has 0 bridgehead atoms. The fourth-order valence-electron chi connectivity index (χ4n) is 2.55. The second kappa shape index (κ2) is 5.41.